The zero-order chi connectivity index (χ0) is 20.8. The van der Waals surface area contributed by atoms with Gasteiger partial charge in [0.1, 0.15) is 0 Å². The molecule has 0 unspecified atom stereocenters. The second-order valence-electron chi connectivity index (χ2n) is 6.82. The van der Waals surface area contributed by atoms with E-state index < -0.39 is 0 Å². The molecule has 10 heteroatoms. The first-order valence-corrected chi connectivity index (χ1v) is 11.3. The van der Waals surface area contributed by atoms with E-state index in [1.165, 1.54) is 11.8 Å². The van der Waals surface area contributed by atoms with Crippen molar-refractivity contribution in [3.05, 3.63) is 33.8 Å². The number of hydrogen-bond donors (Lipinski definition) is 0. The number of halogens is 2. The molecule has 3 rings (SSSR count). The highest BCUT2D eigenvalue weighted by Gasteiger charge is 2.25. The quantitative estimate of drug-likeness (QED) is 0.671. The van der Waals surface area contributed by atoms with Crippen molar-refractivity contribution in [1.29, 1.82) is 0 Å². The molecule has 0 aliphatic carbocycles. The van der Waals surface area contributed by atoms with Crippen molar-refractivity contribution in [1.82, 2.24) is 14.7 Å². The fourth-order valence-corrected chi connectivity index (χ4v) is 4.58. The van der Waals surface area contributed by atoms with Crippen molar-refractivity contribution < 1.29 is 19.1 Å². The van der Waals surface area contributed by atoms with E-state index in [4.69, 9.17) is 27.9 Å². The molecule has 158 valence electrons. The monoisotopic (exact) mass is 459 g/mol. The molecule has 7 nitrogen and oxygen atoms in total. The normalized spacial score (nSPS) is 17.4. The third-order valence-electron chi connectivity index (χ3n) is 4.84. The van der Waals surface area contributed by atoms with Crippen LogP contribution in [0.25, 0.3) is 0 Å². The van der Waals surface area contributed by atoms with E-state index in [1.54, 1.807) is 32.9 Å². The van der Waals surface area contributed by atoms with Crippen LogP contribution >= 0.6 is 35.0 Å². The molecule has 0 saturated carbocycles. The van der Waals surface area contributed by atoms with Crippen LogP contribution in [0.3, 0.4) is 0 Å². The second kappa shape index (κ2) is 10.5. The molecule has 2 aliphatic heterocycles. The van der Waals surface area contributed by atoms with Crippen LogP contribution in [0, 0.1) is 0 Å². The zero-order valence-corrected chi connectivity index (χ0v) is 18.3. The standard InChI is InChI=1S/C19H23Cl2N3O4S/c20-15-9-14(10-16(21)11-15)19(27)24-3-1-22(2-4-24)17(25)12-29-13-18(26)23-5-7-28-8-6-23/h9-11H,1-8,12-13H2. The number of nitrogens with zero attached hydrogens (tertiary/aromatic N) is 3. The average molecular weight is 460 g/mol. The molecule has 2 aliphatic rings. The maximum atomic E-state index is 12.6. The van der Waals surface area contributed by atoms with Crippen LogP contribution in [-0.2, 0) is 14.3 Å². The summed E-state index contributed by atoms with van der Waals surface area (Å²) in [6.45, 7) is 4.20. The first-order valence-electron chi connectivity index (χ1n) is 9.40. The summed E-state index contributed by atoms with van der Waals surface area (Å²) in [5.41, 5.74) is 0.444. The second-order valence-corrected chi connectivity index (χ2v) is 8.68. The van der Waals surface area contributed by atoms with Crippen molar-refractivity contribution >= 4 is 52.7 Å². The smallest absolute Gasteiger partial charge is 0.254 e. The molecule has 2 heterocycles. The van der Waals surface area contributed by atoms with Crippen LogP contribution in [0.4, 0.5) is 0 Å². The van der Waals surface area contributed by atoms with Gasteiger partial charge in [-0.05, 0) is 18.2 Å². The lowest BCUT2D eigenvalue weighted by Crippen LogP contribution is -2.51. The maximum Gasteiger partial charge on any atom is 0.254 e. The van der Waals surface area contributed by atoms with Crippen molar-refractivity contribution in [3.63, 3.8) is 0 Å². The van der Waals surface area contributed by atoms with Crippen molar-refractivity contribution in [3.8, 4) is 0 Å². The van der Waals surface area contributed by atoms with Crippen LogP contribution in [0.15, 0.2) is 18.2 Å². The Morgan fingerprint density at radius 3 is 1.83 bits per heavy atom. The van der Waals surface area contributed by atoms with Gasteiger partial charge >= 0.3 is 0 Å². The number of amides is 3. The molecule has 3 amide bonds. The van der Waals surface area contributed by atoms with Gasteiger partial charge in [0.15, 0.2) is 0 Å². The minimum Gasteiger partial charge on any atom is -0.378 e. The number of benzene rings is 1. The Balaban J connectivity index is 1.41. The van der Waals surface area contributed by atoms with Gasteiger partial charge in [-0.1, -0.05) is 23.2 Å². The summed E-state index contributed by atoms with van der Waals surface area (Å²) in [7, 11) is 0. The molecule has 0 aromatic heterocycles. The lowest BCUT2D eigenvalue weighted by molar-refractivity contribution is -0.132. The highest BCUT2D eigenvalue weighted by molar-refractivity contribution is 8.00. The molecule has 0 radical (unpaired) electrons. The SMILES string of the molecule is O=C(CSCC(=O)N1CCN(C(=O)c2cc(Cl)cc(Cl)c2)CC1)N1CCOCC1. The minimum absolute atomic E-state index is 0.0114. The zero-order valence-electron chi connectivity index (χ0n) is 15.9. The van der Waals surface area contributed by atoms with Gasteiger partial charge in [0.25, 0.3) is 5.91 Å². The maximum absolute atomic E-state index is 12.6. The lowest BCUT2D eigenvalue weighted by Gasteiger charge is -2.35. The fourth-order valence-electron chi connectivity index (χ4n) is 3.24. The number of thioether (sulfide) groups is 1. The largest absolute Gasteiger partial charge is 0.378 e. The third-order valence-corrected chi connectivity index (χ3v) is 6.18. The third kappa shape index (κ3) is 6.25. The van der Waals surface area contributed by atoms with Gasteiger partial charge in [0.05, 0.1) is 24.7 Å². The fraction of sp³-hybridized carbons (Fsp3) is 0.526. The predicted molar refractivity (Wildman–Crippen MR) is 114 cm³/mol. The summed E-state index contributed by atoms with van der Waals surface area (Å²) in [6.07, 6.45) is 0. The van der Waals surface area contributed by atoms with E-state index in [9.17, 15) is 14.4 Å². The summed E-state index contributed by atoms with van der Waals surface area (Å²) < 4.78 is 5.23. The number of rotatable bonds is 5. The van der Waals surface area contributed by atoms with E-state index in [1.807, 2.05) is 0 Å². The number of piperazine rings is 1. The summed E-state index contributed by atoms with van der Waals surface area (Å²) in [6, 6.07) is 4.77. The minimum atomic E-state index is -0.146. The molecule has 0 N–H and O–H groups in total. The van der Waals surface area contributed by atoms with Crippen LogP contribution in [0.2, 0.25) is 10.0 Å². The Labute approximate surface area is 184 Å². The van der Waals surface area contributed by atoms with Gasteiger partial charge in [-0.25, -0.2) is 0 Å². The van der Waals surface area contributed by atoms with Crippen molar-refractivity contribution in [2.24, 2.45) is 0 Å². The van der Waals surface area contributed by atoms with Gasteiger partial charge in [-0.3, -0.25) is 14.4 Å². The van der Waals surface area contributed by atoms with Crippen LogP contribution < -0.4 is 0 Å². The van der Waals surface area contributed by atoms with E-state index in [0.29, 0.717) is 73.8 Å². The summed E-state index contributed by atoms with van der Waals surface area (Å²) >= 11 is 13.3. The average Bonchev–Trinajstić information content (AvgIpc) is 2.73. The van der Waals surface area contributed by atoms with E-state index in [0.717, 1.165) is 0 Å². The van der Waals surface area contributed by atoms with Crippen molar-refractivity contribution in [2.45, 2.75) is 0 Å². The summed E-state index contributed by atoms with van der Waals surface area (Å²) in [4.78, 5) is 42.4. The summed E-state index contributed by atoms with van der Waals surface area (Å²) in [5, 5.41) is 0.830. The summed E-state index contributed by atoms with van der Waals surface area (Å²) in [5.74, 6) is 0.435. The highest BCUT2D eigenvalue weighted by atomic mass is 35.5. The molecule has 29 heavy (non-hydrogen) atoms. The van der Waals surface area contributed by atoms with E-state index in [2.05, 4.69) is 0 Å². The Kier molecular flexibility index (Phi) is 8.06. The predicted octanol–water partition coefficient (Wildman–Crippen LogP) is 1.87. The molecule has 2 fully saturated rings. The van der Waals surface area contributed by atoms with Crippen molar-refractivity contribution in [2.75, 3.05) is 64.0 Å². The Morgan fingerprint density at radius 2 is 1.28 bits per heavy atom. The van der Waals surface area contributed by atoms with Crippen LogP contribution in [-0.4, -0.2) is 96.4 Å². The first kappa shape index (κ1) is 22.2. The lowest BCUT2D eigenvalue weighted by atomic mass is 10.2. The molecular weight excluding hydrogens is 437 g/mol. The van der Waals surface area contributed by atoms with E-state index >= 15 is 0 Å². The topological polar surface area (TPSA) is 70.2 Å². The number of ether oxygens (including phenoxy) is 1. The number of carbonyl (C=O) groups excluding carboxylic acids is 3. The van der Waals surface area contributed by atoms with Gasteiger partial charge in [0.2, 0.25) is 11.8 Å². The van der Waals surface area contributed by atoms with Gasteiger partial charge in [-0.2, -0.15) is 0 Å². The van der Waals surface area contributed by atoms with Crippen LogP contribution in [0.1, 0.15) is 10.4 Å². The molecular formula is C19H23Cl2N3O4S. The molecule has 0 bridgehead atoms. The van der Waals surface area contributed by atoms with Gasteiger partial charge in [0, 0.05) is 54.9 Å². The molecule has 2 saturated heterocycles. The Morgan fingerprint density at radius 1 is 0.793 bits per heavy atom. The molecule has 0 atom stereocenters. The van der Waals surface area contributed by atoms with Crippen LogP contribution in [0.5, 0.6) is 0 Å². The number of morpholine rings is 1. The van der Waals surface area contributed by atoms with Gasteiger partial charge < -0.3 is 19.4 Å². The highest BCUT2D eigenvalue weighted by Crippen LogP contribution is 2.21. The number of carbonyl (C=O) groups is 3. The Hall–Kier alpha value is -1.48. The first-order chi connectivity index (χ1) is 13.9. The molecule has 0 spiro atoms. The molecule has 1 aromatic carbocycles. The Bertz CT molecular complexity index is 746. The van der Waals surface area contributed by atoms with Gasteiger partial charge in [-0.15, -0.1) is 11.8 Å². The van der Waals surface area contributed by atoms with E-state index in [-0.39, 0.29) is 23.5 Å². The molecule has 1 aromatic rings. The number of hydrogen-bond acceptors (Lipinski definition) is 5.